The summed E-state index contributed by atoms with van der Waals surface area (Å²) in [4.78, 5) is 36.1. The van der Waals surface area contributed by atoms with Crippen LogP contribution in [0.4, 0.5) is 4.79 Å². The second kappa shape index (κ2) is 11.7. The molecule has 7 heteroatoms. The number of carboxylic acids is 1. The fourth-order valence-corrected chi connectivity index (χ4v) is 4.34. The fraction of sp³-hybridized carbons (Fsp3) is 0.444. The van der Waals surface area contributed by atoms with Crippen LogP contribution in [0.5, 0.6) is 0 Å². The minimum Gasteiger partial charge on any atom is -0.480 e. The molecule has 2 amide bonds. The van der Waals surface area contributed by atoms with E-state index in [0.717, 1.165) is 17.5 Å². The maximum absolute atomic E-state index is 12.3. The minimum absolute atomic E-state index is 0.0141. The van der Waals surface area contributed by atoms with Crippen molar-refractivity contribution < 1.29 is 24.2 Å². The van der Waals surface area contributed by atoms with E-state index in [1.54, 1.807) is 0 Å². The molecule has 3 N–H and O–H groups in total. The number of carbonyl (C=O) groups excluding carboxylic acids is 2. The predicted octanol–water partition coefficient (Wildman–Crippen LogP) is 4.56. The van der Waals surface area contributed by atoms with Crippen LogP contribution in [0, 0.1) is 11.8 Å². The first-order chi connectivity index (χ1) is 16.3. The molecule has 0 saturated heterocycles. The molecule has 0 saturated carbocycles. The van der Waals surface area contributed by atoms with Gasteiger partial charge in [-0.3, -0.25) is 4.79 Å². The highest BCUT2D eigenvalue weighted by Gasteiger charge is 2.29. The van der Waals surface area contributed by atoms with Crippen LogP contribution in [0.1, 0.15) is 57.1 Å². The Morgan fingerprint density at radius 1 is 0.971 bits per heavy atom. The smallest absolute Gasteiger partial charge is 0.407 e. The maximum atomic E-state index is 12.3. The Labute approximate surface area is 200 Å². The zero-order valence-corrected chi connectivity index (χ0v) is 20.0. The summed E-state index contributed by atoms with van der Waals surface area (Å²) in [5.41, 5.74) is 4.62. The van der Waals surface area contributed by atoms with Gasteiger partial charge < -0.3 is 20.5 Å². The molecule has 1 aliphatic carbocycles. The summed E-state index contributed by atoms with van der Waals surface area (Å²) in [5.74, 6) is -1.34. The molecule has 1 aliphatic rings. The van der Waals surface area contributed by atoms with Crippen molar-refractivity contribution in [2.75, 3.05) is 13.2 Å². The molecule has 7 nitrogen and oxygen atoms in total. The maximum Gasteiger partial charge on any atom is 0.407 e. The molecule has 0 aliphatic heterocycles. The zero-order valence-electron chi connectivity index (χ0n) is 20.0. The number of amides is 2. The van der Waals surface area contributed by atoms with E-state index in [1.807, 2.05) is 45.0 Å². The monoisotopic (exact) mass is 466 g/mol. The van der Waals surface area contributed by atoms with Gasteiger partial charge in [-0.05, 0) is 40.5 Å². The van der Waals surface area contributed by atoms with E-state index >= 15 is 0 Å². The van der Waals surface area contributed by atoms with E-state index < -0.39 is 18.1 Å². The van der Waals surface area contributed by atoms with Crippen LogP contribution in [0.2, 0.25) is 0 Å². The lowest BCUT2D eigenvalue weighted by Gasteiger charge is -2.19. The highest BCUT2D eigenvalue weighted by molar-refractivity contribution is 5.83. The average Bonchev–Trinajstić information content (AvgIpc) is 3.14. The highest BCUT2D eigenvalue weighted by Crippen LogP contribution is 2.44. The third-order valence-electron chi connectivity index (χ3n) is 6.44. The molecule has 0 radical (unpaired) electrons. The lowest BCUT2D eigenvalue weighted by molar-refractivity contribution is -0.142. The molecule has 3 unspecified atom stereocenters. The third-order valence-corrected chi connectivity index (χ3v) is 6.44. The van der Waals surface area contributed by atoms with Crippen molar-refractivity contribution in [3.05, 3.63) is 59.7 Å². The van der Waals surface area contributed by atoms with Crippen molar-refractivity contribution in [2.45, 2.75) is 52.0 Å². The lowest BCUT2D eigenvalue weighted by atomic mass is 9.98. The molecule has 182 valence electrons. The molecular formula is C27H34N2O5. The van der Waals surface area contributed by atoms with E-state index in [0.29, 0.717) is 6.42 Å². The van der Waals surface area contributed by atoms with Crippen molar-refractivity contribution in [3.8, 4) is 11.1 Å². The van der Waals surface area contributed by atoms with Gasteiger partial charge in [0, 0.05) is 18.9 Å². The van der Waals surface area contributed by atoms with Crippen LogP contribution in [0.15, 0.2) is 48.5 Å². The number of nitrogens with one attached hydrogen (secondary N) is 2. The summed E-state index contributed by atoms with van der Waals surface area (Å²) >= 11 is 0. The van der Waals surface area contributed by atoms with Gasteiger partial charge in [-0.25, -0.2) is 9.59 Å². The molecule has 3 atom stereocenters. The largest absolute Gasteiger partial charge is 0.480 e. The second-order valence-corrected chi connectivity index (χ2v) is 9.22. The molecule has 0 bridgehead atoms. The summed E-state index contributed by atoms with van der Waals surface area (Å²) < 4.78 is 5.52. The minimum atomic E-state index is -1.03. The standard InChI is InChI=1S/C27H34N2O5/c1-4-17(2)13-24(26(31)32)29-25(30)14-18(3)15-28-27(33)34-16-23-21-11-7-5-9-19(21)20-10-6-8-12-22(20)23/h5-12,17-18,23-24H,4,13-16H2,1-3H3,(H,28,33)(H,29,30)(H,31,32). The molecule has 0 heterocycles. The molecular weight excluding hydrogens is 432 g/mol. The van der Waals surface area contributed by atoms with Crippen LogP contribution < -0.4 is 10.6 Å². The van der Waals surface area contributed by atoms with Gasteiger partial charge in [0.2, 0.25) is 5.91 Å². The third kappa shape index (κ3) is 6.37. The Kier molecular flexibility index (Phi) is 8.68. The number of aliphatic carboxylic acids is 1. The topological polar surface area (TPSA) is 105 Å². The normalized spacial score (nSPS) is 14.9. The van der Waals surface area contributed by atoms with Crippen LogP contribution in [-0.2, 0) is 14.3 Å². The number of rotatable bonds is 11. The summed E-state index contributed by atoms with van der Waals surface area (Å²) in [7, 11) is 0. The number of fused-ring (bicyclic) bond motifs is 3. The summed E-state index contributed by atoms with van der Waals surface area (Å²) in [6.45, 7) is 6.26. The van der Waals surface area contributed by atoms with Gasteiger partial charge in [-0.2, -0.15) is 0 Å². The van der Waals surface area contributed by atoms with Crippen LogP contribution >= 0.6 is 0 Å². The number of carbonyl (C=O) groups is 3. The van der Waals surface area contributed by atoms with E-state index in [2.05, 4.69) is 34.9 Å². The van der Waals surface area contributed by atoms with Crippen molar-refractivity contribution in [1.29, 1.82) is 0 Å². The first-order valence-electron chi connectivity index (χ1n) is 11.9. The second-order valence-electron chi connectivity index (χ2n) is 9.22. The molecule has 0 spiro atoms. The van der Waals surface area contributed by atoms with Gasteiger partial charge >= 0.3 is 12.1 Å². The number of benzene rings is 2. The molecule has 0 aromatic heterocycles. The van der Waals surface area contributed by atoms with Gasteiger partial charge in [0.05, 0.1) is 0 Å². The van der Waals surface area contributed by atoms with Gasteiger partial charge in [0.15, 0.2) is 0 Å². The van der Waals surface area contributed by atoms with Gasteiger partial charge in [0.25, 0.3) is 0 Å². The van der Waals surface area contributed by atoms with Crippen LogP contribution in [-0.4, -0.2) is 42.3 Å². The van der Waals surface area contributed by atoms with Crippen molar-refractivity contribution >= 4 is 18.0 Å². The van der Waals surface area contributed by atoms with E-state index in [1.165, 1.54) is 11.1 Å². The number of hydrogen-bond acceptors (Lipinski definition) is 4. The van der Waals surface area contributed by atoms with Crippen molar-refractivity contribution in [2.24, 2.45) is 11.8 Å². The quantitative estimate of drug-likeness (QED) is 0.450. The first kappa shape index (κ1) is 25.3. The molecule has 2 aromatic rings. The van der Waals surface area contributed by atoms with E-state index in [-0.39, 0.29) is 43.2 Å². The average molecular weight is 467 g/mol. The Hall–Kier alpha value is -3.35. The summed E-state index contributed by atoms with van der Waals surface area (Å²) in [6, 6.07) is 15.4. The van der Waals surface area contributed by atoms with E-state index in [4.69, 9.17) is 4.74 Å². The Morgan fingerprint density at radius 3 is 2.12 bits per heavy atom. The van der Waals surface area contributed by atoms with Crippen molar-refractivity contribution in [3.63, 3.8) is 0 Å². The number of carboxylic acid groups (broad SMARTS) is 1. The number of hydrogen-bond donors (Lipinski definition) is 3. The van der Waals surface area contributed by atoms with Crippen LogP contribution in [0.25, 0.3) is 11.1 Å². The van der Waals surface area contributed by atoms with Gasteiger partial charge in [-0.15, -0.1) is 0 Å². The predicted molar refractivity (Wildman–Crippen MR) is 130 cm³/mol. The fourth-order valence-electron chi connectivity index (χ4n) is 4.34. The molecule has 34 heavy (non-hydrogen) atoms. The van der Waals surface area contributed by atoms with E-state index in [9.17, 15) is 19.5 Å². The highest BCUT2D eigenvalue weighted by atomic mass is 16.5. The Bertz CT molecular complexity index is 976. The lowest BCUT2D eigenvalue weighted by Crippen LogP contribution is -2.43. The number of alkyl carbamates (subject to hydrolysis) is 1. The first-order valence-corrected chi connectivity index (χ1v) is 11.9. The molecule has 3 rings (SSSR count). The Morgan fingerprint density at radius 2 is 1.56 bits per heavy atom. The summed E-state index contributed by atoms with van der Waals surface area (Å²) in [5, 5.41) is 14.7. The summed E-state index contributed by atoms with van der Waals surface area (Å²) in [6.07, 6.45) is 0.826. The molecule has 0 fully saturated rings. The Balaban J connectivity index is 1.45. The van der Waals surface area contributed by atoms with Crippen LogP contribution in [0.3, 0.4) is 0 Å². The van der Waals surface area contributed by atoms with Gasteiger partial charge in [0.1, 0.15) is 12.6 Å². The van der Waals surface area contributed by atoms with Gasteiger partial charge in [-0.1, -0.05) is 75.7 Å². The zero-order chi connectivity index (χ0) is 24.7. The SMILES string of the molecule is CCC(C)CC(NC(=O)CC(C)CNC(=O)OCC1c2ccccc2-c2ccccc21)C(=O)O. The number of ether oxygens (including phenoxy) is 1. The molecule has 2 aromatic carbocycles. The van der Waals surface area contributed by atoms with Crippen molar-refractivity contribution in [1.82, 2.24) is 10.6 Å².